The molecule has 1 atom stereocenters. The largest absolute Gasteiger partial charge is 0.367 e. The number of hydrogen-bond donors (Lipinski definition) is 2. The van der Waals surface area contributed by atoms with Gasteiger partial charge in [0.25, 0.3) is 0 Å². The second-order valence-corrected chi connectivity index (χ2v) is 5.95. The first kappa shape index (κ1) is 17.0. The van der Waals surface area contributed by atoms with Crippen molar-refractivity contribution >= 4 is 17.8 Å². The van der Waals surface area contributed by atoms with E-state index in [4.69, 9.17) is 10.5 Å². The first-order valence-electron chi connectivity index (χ1n) is 8.03. The summed E-state index contributed by atoms with van der Waals surface area (Å²) in [5, 5.41) is 7.38. The van der Waals surface area contributed by atoms with Crippen LogP contribution in [0.2, 0.25) is 0 Å². The molecule has 0 aliphatic carbocycles. The molecule has 25 heavy (non-hydrogen) atoms. The molecule has 0 bridgehead atoms. The minimum atomic E-state index is -0.771. The van der Waals surface area contributed by atoms with Crippen molar-refractivity contribution in [2.24, 2.45) is 12.8 Å². The third kappa shape index (κ3) is 3.48. The maximum atomic E-state index is 12.6. The summed E-state index contributed by atoms with van der Waals surface area (Å²) >= 11 is 0. The Morgan fingerprint density at radius 1 is 1.32 bits per heavy atom. The van der Waals surface area contributed by atoms with Gasteiger partial charge in [-0.2, -0.15) is 5.10 Å². The number of morpholine rings is 1. The first-order valence-corrected chi connectivity index (χ1v) is 8.03. The van der Waals surface area contributed by atoms with E-state index < -0.39 is 12.0 Å². The van der Waals surface area contributed by atoms with Crippen LogP contribution < -0.4 is 11.1 Å². The van der Waals surface area contributed by atoms with Crippen molar-refractivity contribution in [3.8, 4) is 11.3 Å². The standard InChI is InChI=1S/C17H21N5O3/c1-11-14(12-6-4-3-5-7-12)20-21(2)16(11)19-17(24)22-8-9-25-13(10-22)15(18)23/h3-7,13H,8-10H2,1-2H3,(H2,18,23)(H,19,24)/t13-/m0/s1. The average Bonchev–Trinajstić information content (AvgIpc) is 2.90. The van der Waals surface area contributed by atoms with E-state index in [1.807, 2.05) is 37.3 Å². The molecule has 1 aliphatic rings. The highest BCUT2D eigenvalue weighted by Crippen LogP contribution is 2.27. The maximum Gasteiger partial charge on any atom is 0.323 e. The zero-order chi connectivity index (χ0) is 18.0. The van der Waals surface area contributed by atoms with Crippen molar-refractivity contribution in [2.45, 2.75) is 13.0 Å². The Balaban J connectivity index is 1.78. The molecule has 1 aliphatic heterocycles. The Bertz CT molecular complexity index is 787. The van der Waals surface area contributed by atoms with Gasteiger partial charge in [0.2, 0.25) is 5.91 Å². The van der Waals surface area contributed by atoms with Crippen LogP contribution >= 0.6 is 0 Å². The number of nitrogens with two attached hydrogens (primary N) is 1. The number of ether oxygens (including phenoxy) is 1. The van der Waals surface area contributed by atoms with Crippen LogP contribution in [0.1, 0.15) is 5.56 Å². The lowest BCUT2D eigenvalue weighted by Gasteiger charge is -2.31. The molecule has 1 aromatic carbocycles. The molecule has 8 heteroatoms. The van der Waals surface area contributed by atoms with Gasteiger partial charge in [0.05, 0.1) is 18.8 Å². The highest BCUT2D eigenvalue weighted by Gasteiger charge is 2.28. The van der Waals surface area contributed by atoms with E-state index in [9.17, 15) is 9.59 Å². The molecule has 0 spiro atoms. The monoisotopic (exact) mass is 343 g/mol. The normalized spacial score (nSPS) is 17.4. The predicted octanol–water partition coefficient (Wildman–Crippen LogP) is 1.11. The van der Waals surface area contributed by atoms with Crippen LogP contribution in [0.3, 0.4) is 0 Å². The molecular formula is C17H21N5O3. The molecule has 8 nitrogen and oxygen atoms in total. The number of nitrogens with zero attached hydrogens (tertiary/aromatic N) is 3. The number of anilines is 1. The fourth-order valence-corrected chi connectivity index (χ4v) is 2.86. The van der Waals surface area contributed by atoms with Crippen molar-refractivity contribution in [3.63, 3.8) is 0 Å². The summed E-state index contributed by atoms with van der Waals surface area (Å²) in [6.07, 6.45) is -0.771. The van der Waals surface area contributed by atoms with E-state index >= 15 is 0 Å². The number of urea groups is 1. The summed E-state index contributed by atoms with van der Waals surface area (Å²) in [6, 6.07) is 9.47. The van der Waals surface area contributed by atoms with Crippen LogP contribution in [0.5, 0.6) is 0 Å². The quantitative estimate of drug-likeness (QED) is 0.871. The van der Waals surface area contributed by atoms with Crippen LogP contribution in [0.25, 0.3) is 11.3 Å². The summed E-state index contributed by atoms with van der Waals surface area (Å²) in [4.78, 5) is 25.3. The molecule has 0 saturated carbocycles. The Kier molecular flexibility index (Phi) is 4.71. The molecule has 3 N–H and O–H groups in total. The molecule has 1 aromatic heterocycles. The SMILES string of the molecule is Cc1c(-c2ccccc2)nn(C)c1NC(=O)N1CCO[C@H](C(N)=O)C1. The molecule has 132 valence electrons. The third-order valence-electron chi connectivity index (χ3n) is 4.23. The number of amides is 3. The van der Waals surface area contributed by atoms with Crippen LogP contribution in [0, 0.1) is 6.92 Å². The molecule has 1 saturated heterocycles. The van der Waals surface area contributed by atoms with Crippen molar-refractivity contribution in [1.82, 2.24) is 14.7 Å². The molecule has 3 amide bonds. The van der Waals surface area contributed by atoms with Gasteiger partial charge in [0.1, 0.15) is 5.82 Å². The zero-order valence-corrected chi connectivity index (χ0v) is 14.2. The number of carbonyl (C=O) groups excluding carboxylic acids is 2. The van der Waals surface area contributed by atoms with Crippen molar-refractivity contribution < 1.29 is 14.3 Å². The van der Waals surface area contributed by atoms with Gasteiger partial charge < -0.3 is 15.4 Å². The Morgan fingerprint density at radius 2 is 2.04 bits per heavy atom. The highest BCUT2D eigenvalue weighted by atomic mass is 16.5. The lowest BCUT2D eigenvalue weighted by molar-refractivity contribution is -0.133. The summed E-state index contributed by atoms with van der Waals surface area (Å²) in [7, 11) is 1.78. The number of aromatic nitrogens is 2. The Morgan fingerprint density at radius 3 is 2.72 bits per heavy atom. The topological polar surface area (TPSA) is 102 Å². The van der Waals surface area contributed by atoms with Crippen LogP contribution in [-0.2, 0) is 16.6 Å². The minimum Gasteiger partial charge on any atom is -0.367 e. The minimum absolute atomic E-state index is 0.142. The van der Waals surface area contributed by atoms with Crippen LogP contribution in [-0.4, -0.2) is 52.4 Å². The molecular weight excluding hydrogens is 322 g/mol. The fourth-order valence-electron chi connectivity index (χ4n) is 2.86. The number of primary amides is 1. The van der Waals surface area contributed by atoms with E-state index in [0.717, 1.165) is 16.8 Å². The van der Waals surface area contributed by atoms with Crippen LogP contribution in [0.4, 0.5) is 10.6 Å². The van der Waals surface area contributed by atoms with Gasteiger partial charge >= 0.3 is 6.03 Å². The highest BCUT2D eigenvalue weighted by molar-refractivity contribution is 5.91. The second kappa shape index (κ2) is 6.94. The number of benzene rings is 1. The van der Waals surface area contributed by atoms with Gasteiger partial charge in [-0.15, -0.1) is 0 Å². The predicted molar refractivity (Wildman–Crippen MR) is 92.9 cm³/mol. The number of rotatable bonds is 3. The van der Waals surface area contributed by atoms with Crippen molar-refractivity contribution in [1.29, 1.82) is 0 Å². The van der Waals surface area contributed by atoms with Crippen molar-refractivity contribution in [2.75, 3.05) is 25.0 Å². The zero-order valence-electron chi connectivity index (χ0n) is 14.2. The maximum absolute atomic E-state index is 12.6. The molecule has 0 radical (unpaired) electrons. The molecule has 0 unspecified atom stereocenters. The average molecular weight is 343 g/mol. The first-order chi connectivity index (χ1) is 12.0. The number of aryl methyl sites for hydroxylation is 1. The number of hydrogen-bond acceptors (Lipinski definition) is 4. The lowest BCUT2D eigenvalue weighted by atomic mass is 10.1. The van der Waals surface area contributed by atoms with E-state index in [1.165, 1.54) is 4.90 Å². The fraction of sp³-hybridized carbons (Fsp3) is 0.353. The van der Waals surface area contributed by atoms with Gasteiger partial charge in [0, 0.05) is 24.7 Å². The molecule has 3 rings (SSSR count). The molecule has 2 aromatic rings. The van der Waals surface area contributed by atoms with E-state index in [-0.39, 0.29) is 19.2 Å². The third-order valence-corrected chi connectivity index (χ3v) is 4.23. The van der Waals surface area contributed by atoms with Gasteiger partial charge in [-0.1, -0.05) is 30.3 Å². The number of carbonyl (C=O) groups is 2. The summed E-state index contributed by atoms with van der Waals surface area (Å²) in [6.45, 7) is 2.73. The summed E-state index contributed by atoms with van der Waals surface area (Å²) < 4.78 is 6.91. The Labute approximate surface area is 145 Å². The van der Waals surface area contributed by atoms with E-state index in [2.05, 4.69) is 10.4 Å². The van der Waals surface area contributed by atoms with E-state index in [1.54, 1.807) is 11.7 Å². The smallest absolute Gasteiger partial charge is 0.323 e. The summed E-state index contributed by atoms with van der Waals surface area (Å²) in [5.74, 6) is 0.0477. The van der Waals surface area contributed by atoms with Gasteiger partial charge in [-0.25, -0.2) is 4.79 Å². The second-order valence-electron chi connectivity index (χ2n) is 5.95. The Hall–Kier alpha value is -2.87. The van der Waals surface area contributed by atoms with Crippen LogP contribution in [0.15, 0.2) is 30.3 Å². The van der Waals surface area contributed by atoms with E-state index in [0.29, 0.717) is 12.4 Å². The summed E-state index contributed by atoms with van der Waals surface area (Å²) in [5.41, 5.74) is 7.94. The van der Waals surface area contributed by atoms with Gasteiger partial charge in [0.15, 0.2) is 6.10 Å². The molecule has 1 fully saturated rings. The van der Waals surface area contributed by atoms with Gasteiger partial charge in [-0.3, -0.25) is 14.8 Å². The molecule has 2 heterocycles. The lowest BCUT2D eigenvalue weighted by Crippen LogP contribution is -2.51. The number of nitrogens with one attached hydrogen (secondary N) is 1. The van der Waals surface area contributed by atoms with Gasteiger partial charge in [-0.05, 0) is 6.92 Å². The van der Waals surface area contributed by atoms with Crippen molar-refractivity contribution in [3.05, 3.63) is 35.9 Å².